The Kier molecular flexibility index (Phi) is 7.25. The van der Waals surface area contributed by atoms with Crippen LogP contribution in [0.25, 0.3) is 0 Å². The van der Waals surface area contributed by atoms with Gasteiger partial charge in [-0.15, -0.1) is 11.3 Å². The summed E-state index contributed by atoms with van der Waals surface area (Å²) in [4.78, 5) is 47.4. The number of nitrogens with one attached hydrogen (secondary N) is 2. The predicted molar refractivity (Wildman–Crippen MR) is 101 cm³/mol. The molecule has 2 amide bonds. The van der Waals surface area contributed by atoms with Crippen LogP contribution in [0.2, 0.25) is 0 Å². The van der Waals surface area contributed by atoms with E-state index in [1.165, 1.54) is 23.5 Å². The number of carboxylic acid groups (broad SMARTS) is 1. The first-order chi connectivity index (χ1) is 13.0. The van der Waals surface area contributed by atoms with Crippen LogP contribution < -0.4 is 10.6 Å². The van der Waals surface area contributed by atoms with E-state index in [2.05, 4.69) is 10.6 Å². The van der Waals surface area contributed by atoms with Crippen molar-refractivity contribution in [3.63, 3.8) is 0 Å². The van der Waals surface area contributed by atoms with E-state index in [0.717, 1.165) is 6.42 Å². The monoisotopic (exact) mass is 388 g/mol. The lowest BCUT2D eigenvalue weighted by Gasteiger charge is -2.17. The molecule has 0 spiro atoms. The second-order valence-electron chi connectivity index (χ2n) is 5.84. The largest absolute Gasteiger partial charge is 0.480 e. The molecule has 0 radical (unpaired) electrons. The second-order valence-corrected chi connectivity index (χ2v) is 6.78. The number of carboxylic acids is 1. The van der Waals surface area contributed by atoms with Crippen molar-refractivity contribution >= 4 is 35.4 Å². The molecule has 3 N–H and O–H groups in total. The molecule has 0 saturated carbocycles. The van der Waals surface area contributed by atoms with Gasteiger partial charge in [0.2, 0.25) is 0 Å². The predicted octanol–water partition coefficient (Wildman–Crippen LogP) is 2.13. The lowest BCUT2D eigenvalue weighted by Crippen LogP contribution is -2.48. The van der Waals surface area contributed by atoms with Gasteiger partial charge in [-0.05, 0) is 35.6 Å². The van der Waals surface area contributed by atoms with Gasteiger partial charge in [-0.3, -0.25) is 14.4 Å². The van der Waals surface area contributed by atoms with E-state index in [-0.39, 0.29) is 6.54 Å². The number of amides is 2. The van der Waals surface area contributed by atoms with E-state index in [4.69, 9.17) is 0 Å². The fourth-order valence-corrected chi connectivity index (χ4v) is 3.15. The topological polar surface area (TPSA) is 113 Å². The summed E-state index contributed by atoms with van der Waals surface area (Å²) in [7, 11) is 0. The van der Waals surface area contributed by atoms with Crippen molar-refractivity contribution in [3.05, 3.63) is 57.3 Å². The highest BCUT2D eigenvalue weighted by Gasteiger charge is 2.23. The van der Waals surface area contributed by atoms with E-state index >= 15 is 0 Å². The average molecular weight is 388 g/mol. The summed E-state index contributed by atoms with van der Waals surface area (Å²) < 4.78 is 0. The molecule has 1 aromatic heterocycles. The lowest BCUT2D eigenvalue weighted by molar-refractivity contribution is -0.139. The molecule has 1 unspecified atom stereocenters. The van der Waals surface area contributed by atoms with Gasteiger partial charge in [-0.2, -0.15) is 0 Å². The minimum Gasteiger partial charge on any atom is -0.480 e. The van der Waals surface area contributed by atoms with Gasteiger partial charge < -0.3 is 15.7 Å². The molecule has 142 valence electrons. The summed E-state index contributed by atoms with van der Waals surface area (Å²) in [5, 5.41) is 16.0. The van der Waals surface area contributed by atoms with Crippen LogP contribution >= 0.6 is 11.3 Å². The van der Waals surface area contributed by atoms with E-state index < -0.39 is 23.8 Å². The Balaban J connectivity index is 2.09. The van der Waals surface area contributed by atoms with Crippen LogP contribution in [0.3, 0.4) is 0 Å². The molecule has 27 heavy (non-hydrogen) atoms. The Morgan fingerprint density at radius 2 is 2.00 bits per heavy atom. The molecule has 0 bridgehead atoms. The molecule has 2 aromatic rings. The van der Waals surface area contributed by atoms with Crippen molar-refractivity contribution < 1.29 is 24.3 Å². The smallest absolute Gasteiger partial charge is 0.328 e. The fourth-order valence-electron chi connectivity index (χ4n) is 2.51. The van der Waals surface area contributed by atoms with E-state index in [1.807, 2.05) is 6.92 Å². The molecule has 0 aliphatic carbocycles. The van der Waals surface area contributed by atoms with Gasteiger partial charge in [0, 0.05) is 17.7 Å². The van der Waals surface area contributed by atoms with Crippen molar-refractivity contribution in [2.75, 3.05) is 6.54 Å². The number of aldehydes is 1. The highest BCUT2D eigenvalue weighted by Crippen LogP contribution is 2.14. The number of benzene rings is 1. The van der Waals surface area contributed by atoms with Crippen LogP contribution in [0.1, 0.15) is 49.3 Å². The Bertz CT molecular complexity index is 833. The zero-order chi connectivity index (χ0) is 19.8. The maximum atomic E-state index is 12.6. The van der Waals surface area contributed by atoms with Gasteiger partial charge in [-0.1, -0.05) is 25.5 Å². The van der Waals surface area contributed by atoms with Gasteiger partial charge in [-0.25, -0.2) is 4.79 Å². The van der Waals surface area contributed by atoms with E-state index in [1.54, 1.807) is 23.6 Å². The molecule has 1 atom stereocenters. The van der Waals surface area contributed by atoms with Crippen LogP contribution in [-0.2, 0) is 11.2 Å². The van der Waals surface area contributed by atoms with Crippen LogP contribution in [-0.4, -0.2) is 41.8 Å². The number of hydrogen-bond acceptors (Lipinski definition) is 5. The molecule has 0 aliphatic rings. The minimum absolute atomic E-state index is 0.243. The number of carbonyl (C=O) groups excluding carboxylic acids is 3. The van der Waals surface area contributed by atoms with Gasteiger partial charge in [0.25, 0.3) is 11.8 Å². The van der Waals surface area contributed by atoms with Crippen LogP contribution in [0, 0.1) is 0 Å². The van der Waals surface area contributed by atoms with Crippen molar-refractivity contribution in [1.29, 1.82) is 0 Å². The molecule has 0 fully saturated rings. The standard InChI is InChI=1S/C19H20N2O5S/c1-2-4-13-9-12(11-22)6-7-14(13)17(23)21-15(19(25)26)10-20-18(24)16-5-3-8-27-16/h3,5-9,11,15H,2,4,10H2,1H3,(H,20,24)(H,21,23)(H,25,26). The molecule has 0 aliphatic heterocycles. The van der Waals surface area contributed by atoms with E-state index in [0.29, 0.717) is 34.3 Å². The molecule has 8 heteroatoms. The SMILES string of the molecule is CCCc1cc(C=O)ccc1C(=O)NC(CNC(=O)c1cccs1)C(=O)O. The molecule has 0 saturated heterocycles. The Labute approximate surface area is 160 Å². The van der Waals surface area contributed by atoms with Gasteiger partial charge >= 0.3 is 5.97 Å². The molecule has 7 nitrogen and oxygen atoms in total. The summed E-state index contributed by atoms with van der Waals surface area (Å²) in [5.41, 5.74) is 1.44. The highest BCUT2D eigenvalue weighted by molar-refractivity contribution is 7.12. The third-order valence-electron chi connectivity index (χ3n) is 3.84. The first-order valence-electron chi connectivity index (χ1n) is 8.39. The lowest BCUT2D eigenvalue weighted by atomic mass is 9.99. The van der Waals surface area contributed by atoms with Crippen LogP contribution in [0.15, 0.2) is 35.7 Å². The summed E-state index contributed by atoms with van der Waals surface area (Å²) >= 11 is 1.24. The molecule has 2 rings (SSSR count). The first kappa shape index (κ1) is 20.3. The van der Waals surface area contributed by atoms with Crippen molar-refractivity contribution in [1.82, 2.24) is 10.6 Å². The molecular weight excluding hydrogens is 368 g/mol. The number of thiophene rings is 1. The normalized spacial score (nSPS) is 11.4. The van der Waals surface area contributed by atoms with Gasteiger partial charge in [0.15, 0.2) is 0 Å². The molecule has 1 heterocycles. The van der Waals surface area contributed by atoms with Crippen molar-refractivity contribution in [2.24, 2.45) is 0 Å². The Morgan fingerprint density at radius 3 is 2.59 bits per heavy atom. The second kappa shape index (κ2) is 9.63. The Morgan fingerprint density at radius 1 is 1.22 bits per heavy atom. The van der Waals surface area contributed by atoms with Gasteiger partial charge in [0.1, 0.15) is 12.3 Å². The minimum atomic E-state index is -1.28. The van der Waals surface area contributed by atoms with Crippen molar-refractivity contribution in [3.8, 4) is 0 Å². The number of aliphatic carboxylic acids is 1. The first-order valence-corrected chi connectivity index (χ1v) is 9.27. The van der Waals surface area contributed by atoms with Crippen LogP contribution in [0.5, 0.6) is 0 Å². The van der Waals surface area contributed by atoms with Crippen LogP contribution in [0.4, 0.5) is 0 Å². The molecule has 1 aromatic carbocycles. The third-order valence-corrected chi connectivity index (χ3v) is 4.71. The van der Waals surface area contributed by atoms with Crippen molar-refractivity contribution in [2.45, 2.75) is 25.8 Å². The van der Waals surface area contributed by atoms with Gasteiger partial charge in [0.05, 0.1) is 4.88 Å². The number of hydrogen-bond donors (Lipinski definition) is 3. The number of carbonyl (C=O) groups is 4. The Hall–Kier alpha value is -3.00. The maximum absolute atomic E-state index is 12.6. The third kappa shape index (κ3) is 5.49. The summed E-state index contributed by atoms with van der Waals surface area (Å²) in [6.07, 6.45) is 2.04. The van der Waals surface area contributed by atoms with E-state index in [9.17, 15) is 24.3 Å². The maximum Gasteiger partial charge on any atom is 0.328 e. The summed E-state index contributed by atoms with van der Waals surface area (Å²) in [6.45, 7) is 1.70. The summed E-state index contributed by atoms with van der Waals surface area (Å²) in [5.74, 6) is -2.21. The molecular formula is C19H20N2O5S. The highest BCUT2D eigenvalue weighted by atomic mass is 32.1. The summed E-state index contributed by atoms with van der Waals surface area (Å²) in [6, 6.07) is 6.71. The number of rotatable bonds is 9. The quantitative estimate of drug-likeness (QED) is 0.570. The zero-order valence-corrected chi connectivity index (χ0v) is 15.5. The number of aryl methyl sites for hydroxylation is 1. The average Bonchev–Trinajstić information content (AvgIpc) is 3.19. The fraction of sp³-hybridized carbons (Fsp3) is 0.263. The zero-order valence-electron chi connectivity index (χ0n) is 14.7.